The number of piperazine rings is 1. The maximum absolute atomic E-state index is 12.8. The minimum atomic E-state index is -4.73. The Bertz CT molecular complexity index is 1380. The minimum Gasteiger partial charge on any atom is -0.406 e. The van der Waals surface area contributed by atoms with Crippen LogP contribution in [-0.4, -0.2) is 51.0 Å². The quantitative estimate of drug-likeness (QED) is 0.430. The highest BCUT2D eigenvalue weighted by atomic mass is 19.4. The van der Waals surface area contributed by atoms with Gasteiger partial charge in [0.15, 0.2) is 5.82 Å². The highest BCUT2D eigenvalue weighted by molar-refractivity contribution is 5.86. The van der Waals surface area contributed by atoms with E-state index in [1.54, 1.807) is 31.3 Å². The van der Waals surface area contributed by atoms with Crippen LogP contribution in [0, 0.1) is 11.3 Å². The Labute approximate surface area is 219 Å². The predicted molar refractivity (Wildman–Crippen MR) is 138 cm³/mol. The molecule has 3 aromatic rings. The summed E-state index contributed by atoms with van der Waals surface area (Å²) in [6, 6.07) is 11.6. The zero-order valence-electron chi connectivity index (χ0n) is 21.9. The normalized spacial score (nSPS) is 19.4. The summed E-state index contributed by atoms with van der Waals surface area (Å²) in [5, 5.41) is 9.42. The molecule has 0 spiro atoms. The van der Waals surface area contributed by atoms with Gasteiger partial charge in [0, 0.05) is 38.3 Å². The van der Waals surface area contributed by atoms with E-state index >= 15 is 0 Å². The van der Waals surface area contributed by atoms with Gasteiger partial charge in [0.1, 0.15) is 23.0 Å². The number of nitrogens with zero attached hydrogens (tertiary/aromatic N) is 6. The molecule has 0 saturated carbocycles. The standard InChI is InChI=1S/C27H31F3N6O2/c1-5-19-16-36(25-24-23(34(4)26(37)33-25)13-10-18(14-31)32-24)20(6-2)15-35(19)22(7-3)17-8-11-21(12-9-17)38-27(28,29)30/h8-13,19-20,22H,5-7,15-16H2,1-4H3/t19-,20+,22-/m1/s1. The zero-order chi connectivity index (χ0) is 27.6. The fourth-order valence-electron chi connectivity index (χ4n) is 5.35. The van der Waals surface area contributed by atoms with Gasteiger partial charge in [-0.2, -0.15) is 10.2 Å². The molecule has 1 saturated heterocycles. The first-order valence-corrected chi connectivity index (χ1v) is 12.8. The van der Waals surface area contributed by atoms with E-state index < -0.39 is 12.1 Å². The average Bonchev–Trinajstić information content (AvgIpc) is 2.90. The first kappa shape index (κ1) is 27.4. The van der Waals surface area contributed by atoms with Crippen LogP contribution in [0.25, 0.3) is 11.0 Å². The van der Waals surface area contributed by atoms with Gasteiger partial charge in [-0.05, 0) is 49.1 Å². The number of alkyl halides is 3. The lowest BCUT2D eigenvalue weighted by atomic mass is 9.95. The van der Waals surface area contributed by atoms with Gasteiger partial charge in [-0.3, -0.25) is 9.47 Å². The molecule has 1 aliphatic rings. The van der Waals surface area contributed by atoms with Gasteiger partial charge < -0.3 is 9.64 Å². The van der Waals surface area contributed by atoms with Crippen molar-refractivity contribution in [2.45, 2.75) is 64.5 Å². The molecular weight excluding hydrogens is 497 g/mol. The van der Waals surface area contributed by atoms with Gasteiger partial charge in [0.05, 0.1) is 5.52 Å². The topological polar surface area (TPSA) is 87.3 Å². The summed E-state index contributed by atoms with van der Waals surface area (Å²) in [6.07, 6.45) is -2.37. The van der Waals surface area contributed by atoms with Crippen LogP contribution in [0.1, 0.15) is 57.3 Å². The third-order valence-electron chi connectivity index (χ3n) is 7.29. The van der Waals surface area contributed by atoms with E-state index in [0.29, 0.717) is 29.9 Å². The largest absolute Gasteiger partial charge is 0.573 e. The maximum Gasteiger partial charge on any atom is 0.573 e. The fourth-order valence-corrected chi connectivity index (χ4v) is 5.35. The lowest BCUT2D eigenvalue weighted by molar-refractivity contribution is -0.274. The van der Waals surface area contributed by atoms with E-state index in [2.05, 4.69) is 51.3 Å². The van der Waals surface area contributed by atoms with Crippen molar-refractivity contribution in [2.75, 3.05) is 18.0 Å². The first-order valence-electron chi connectivity index (χ1n) is 12.8. The number of hydrogen-bond acceptors (Lipinski definition) is 7. The van der Waals surface area contributed by atoms with Crippen molar-refractivity contribution in [1.82, 2.24) is 19.4 Å². The number of anilines is 1. The summed E-state index contributed by atoms with van der Waals surface area (Å²) in [5.74, 6) is 0.235. The number of aryl methyl sites for hydroxylation is 1. The monoisotopic (exact) mass is 528 g/mol. The van der Waals surface area contributed by atoms with Gasteiger partial charge in [-0.15, -0.1) is 13.2 Å². The van der Waals surface area contributed by atoms with Gasteiger partial charge in [-0.25, -0.2) is 9.78 Å². The first-order chi connectivity index (χ1) is 18.1. The van der Waals surface area contributed by atoms with E-state index in [-0.39, 0.29) is 29.6 Å². The van der Waals surface area contributed by atoms with E-state index in [1.807, 2.05) is 0 Å². The van der Waals surface area contributed by atoms with Crippen LogP contribution < -0.4 is 15.3 Å². The summed E-state index contributed by atoms with van der Waals surface area (Å²) >= 11 is 0. The summed E-state index contributed by atoms with van der Waals surface area (Å²) in [4.78, 5) is 26.2. The Morgan fingerprint density at radius 1 is 1.05 bits per heavy atom. The molecule has 11 heteroatoms. The molecule has 1 aliphatic heterocycles. The molecule has 0 unspecified atom stereocenters. The van der Waals surface area contributed by atoms with Gasteiger partial charge >= 0.3 is 12.1 Å². The van der Waals surface area contributed by atoms with Crippen molar-refractivity contribution in [1.29, 1.82) is 5.26 Å². The van der Waals surface area contributed by atoms with E-state index in [1.165, 1.54) is 16.7 Å². The number of rotatable bonds is 7. The van der Waals surface area contributed by atoms with E-state index in [0.717, 1.165) is 24.8 Å². The average molecular weight is 529 g/mol. The number of ether oxygens (including phenoxy) is 1. The van der Waals surface area contributed by atoms with Gasteiger partial charge in [0.2, 0.25) is 0 Å². The van der Waals surface area contributed by atoms with Crippen LogP contribution in [0.15, 0.2) is 41.2 Å². The molecule has 0 radical (unpaired) electrons. The van der Waals surface area contributed by atoms with Crippen molar-refractivity contribution in [2.24, 2.45) is 7.05 Å². The number of nitriles is 1. The summed E-state index contributed by atoms with van der Waals surface area (Å²) < 4.78 is 43.3. The Balaban J connectivity index is 1.69. The molecule has 38 heavy (non-hydrogen) atoms. The van der Waals surface area contributed by atoms with E-state index in [9.17, 15) is 23.2 Å². The second-order valence-electron chi connectivity index (χ2n) is 9.47. The van der Waals surface area contributed by atoms with Crippen LogP contribution in [0.5, 0.6) is 5.75 Å². The van der Waals surface area contributed by atoms with Crippen molar-refractivity contribution in [3.63, 3.8) is 0 Å². The second kappa shape index (κ2) is 11.0. The summed E-state index contributed by atoms with van der Waals surface area (Å²) in [7, 11) is 1.64. The molecule has 1 aromatic carbocycles. The third-order valence-corrected chi connectivity index (χ3v) is 7.29. The molecule has 4 rings (SSSR count). The summed E-state index contributed by atoms with van der Waals surface area (Å²) in [6.45, 7) is 7.49. The molecule has 0 N–H and O–H groups in total. The predicted octanol–water partition coefficient (Wildman–Crippen LogP) is 4.93. The molecular formula is C27H31F3N6O2. The number of aromatic nitrogens is 3. The number of halogens is 3. The molecule has 0 aliphatic carbocycles. The Hall–Kier alpha value is -3.65. The van der Waals surface area contributed by atoms with Crippen molar-refractivity contribution < 1.29 is 17.9 Å². The van der Waals surface area contributed by atoms with E-state index in [4.69, 9.17) is 0 Å². The van der Waals surface area contributed by atoms with Gasteiger partial charge in [-0.1, -0.05) is 32.9 Å². The van der Waals surface area contributed by atoms with Gasteiger partial charge in [0.25, 0.3) is 0 Å². The lowest BCUT2D eigenvalue weighted by Crippen LogP contribution is -2.59. The second-order valence-corrected chi connectivity index (χ2v) is 9.47. The van der Waals surface area contributed by atoms with Crippen LogP contribution >= 0.6 is 0 Å². The van der Waals surface area contributed by atoms with Crippen LogP contribution in [-0.2, 0) is 7.05 Å². The Kier molecular flexibility index (Phi) is 7.92. The molecule has 0 amide bonds. The molecule has 3 heterocycles. The fraction of sp³-hybridized carbons (Fsp3) is 0.481. The molecule has 8 nitrogen and oxygen atoms in total. The lowest BCUT2D eigenvalue weighted by Gasteiger charge is -2.49. The highest BCUT2D eigenvalue weighted by Gasteiger charge is 2.38. The molecule has 202 valence electrons. The SMILES string of the molecule is CC[C@H]1CN([C@H](CC)c2ccc(OC(F)(F)F)cc2)[C@H](CC)CN1c1nc(=O)n(C)c2ccc(C#N)nc12. The van der Waals surface area contributed by atoms with Crippen LogP contribution in [0.3, 0.4) is 0 Å². The molecule has 3 atom stereocenters. The Morgan fingerprint density at radius 2 is 1.74 bits per heavy atom. The molecule has 1 fully saturated rings. The minimum absolute atomic E-state index is 0.00671. The van der Waals surface area contributed by atoms with Crippen LogP contribution in [0.4, 0.5) is 19.0 Å². The summed E-state index contributed by atoms with van der Waals surface area (Å²) in [5.41, 5.74) is 1.90. The van der Waals surface area contributed by atoms with Crippen molar-refractivity contribution in [3.05, 3.63) is 58.1 Å². The number of hydrogen-bond donors (Lipinski definition) is 0. The number of benzene rings is 1. The van der Waals surface area contributed by atoms with Crippen molar-refractivity contribution in [3.8, 4) is 11.8 Å². The Morgan fingerprint density at radius 3 is 2.32 bits per heavy atom. The zero-order valence-corrected chi connectivity index (χ0v) is 21.9. The molecule has 0 bridgehead atoms. The van der Waals surface area contributed by atoms with Crippen molar-refractivity contribution >= 4 is 16.9 Å². The third kappa shape index (κ3) is 5.45. The van der Waals surface area contributed by atoms with Crippen LogP contribution in [0.2, 0.25) is 0 Å². The number of fused-ring (bicyclic) bond motifs is 1. The number of pyridine rings is 1. The maximum atomic E-state index is 12.8. The highest BCUT2D eigenvalue weighted by Crippen LogP contribution is 2.35. The smallest absolute Gasteiger partial charge is 0.406 e. The molecule has 2 aromatic heterocycles.